The highest BCUT2D eigenvalue weighted by atomic mass is 35.5. The smallest absolute Gasteiger partial charge is 0.241 e. The van der Waals surface area contributed by atoms with Crippen molar-refractivity contribution in [1.82, 2.24) is 9.29 Å². The number of aryl methyl sites for hydroxylation is 1. The molecule has 1 N–H and O–H groups in total. The fourth-order valence-corrected chi connectivity index (χ4v) is 2.37. The Kier molecular flexibility index (Phi) is 4.19. The van der Waals surface area contributed by atoms with Gasteiger partial charge >= 0.3 is 0 Å². The quantitative estimate of drug-likeness (QED) is 0.806. The average molecular weight is 251 g/mol. The van der Waals surface area contributed by atoms with E-state index in [4.69, 9.17) is 11.6 Å². The molecular formula is C9H15ClN2O2S. The summed E-state index contributed by atoms with van der Waals surface area (Å²) in [7, 11) is -1.96. The number of sulfonamides is 1. The molecule has 15 heavy (non-hydrogen) atoms. The van der Waals surface area contributed by atoms with Crippen LogP contribution in [0.25, 0.3) is 0 Å². The summed E-state index contributed by atoms with van der Waals surface area (Å²) in [6, 6.07) is 1.61. The largest absolute Gasteiger partial charge is 0.349 e. The van der Waals surface area contributed by atoms with Crippen LogP contribution in [-0.4, -0.2) is 20.0 Å². The molecular weight excluding hydrogens is 236 g/mol. The molecule has 0 aliphatic rings. The second-order valence-corrected chi connectivity index (χ2v) is 5.36. The van der Waals surface area contributed by atoms with Crippen molar-refractivity contribution in [1.29, 1.82) is 0 Å². The highest BCUT2D eigenvalue weighted by Crippen LogP contribution is 2.16. The Labute approximate surface area is 95.3 Å². The lowest BCUT2D eigenvalue weighted by molar-refractivity contribution is 0.587. The van der Waals surface area contributed by atoms with Crippen molar-refractivity contribution in [3.63, 3.8) is 0 Å². The summed E-state index contributed by atoms with van der Waals surface area (Å²) >= 11 is 5.74. The van der Waals surface area contributed by atoms with E-state index in [1.165, 1.54) is 7.05 Å². The Balaban J connectivity index is 3.13. The van der Waals surface area contributed by atoms with Crippen molar-refractivity contribution in [3.05, 3.63) is 18.0 Å². The Bertz CT molecular complexity index is 425. The highest BCUT2D eigenvalue weighted by Gasteiger charge is 2.15. The third-order valence-electron chi connectivity index (χ3n) is 2.14. The van der Waals surface area contributed by atoms with E-state index in [0.29, 0.717) is 5.88 Å². The zero-order chi connectivity index (χ0) is 11.5. The van der Waals surface area contributed by atoms with Crippen LogP contribution in [0.3, 0.4) is 0 Å². The Morgan fingerprint density at radius 3 is 2.67 bits per heavy atom. The molecule has 0 amide bonds. The Morgan fingerprint density at radius 2 is 2.20 bits per heavy atom. The number of alkyl halides is 1. The van der Waals surface area contributed by atoms with E-state index in [-0.39, 0.29) is 4.90 Å². The predicted octanol–water partition coefficient (Wildman–Crippen LogP) is 1.54. The van der Waals surface area contributed by atoms with Gasteiger partial charge in [-0.05, 0) is 19.5 Å². The molecule has 86 valence electrons. The zero-order valence-corrected chi connectivity index (χ0v) is 10.4. The molecule has 4 nitrogen and oxygen atoms in total. The third-order valence-corrected chi connectivity index (χ3v) is 3.80. The van der Waals surface area contributed by atoms with Gasteiger partial charge in [0.15, 0.2) is 0 Å². The SMILES string of the molecule is CCCn1cc(S(=O)(=O)NC)cc1CCl. The lowest BCUT2D eigenvalue weighted by Gasteiger charge is -2.03. The van der Waals surface area contributed by atoms with Gasteiger partial charge in [0, 0.05) is 18.4 Å². The molecule has 0 aliphatic heterocycles. The van der Waals surface area contributed by atoms with Crippen molar-refractivity contribution >= 4 is 21.6 Å². The zero-order valence-electron chi connectivity index (χ0n) is 8.83. The van der Waals surface area contributed by atoms with Crippen molar-refractivity contribution in [2.45, 2.75) is 30.7 Å². The lowest BCUT2D eigenvalue weighted by atomic mass is 10.4. The maximum Gasteiger partial charge on any atom is 0.241 e. The summed E-state index contributed by atoms with van der Waals surface area (Å²) < 4.78 is 27.2. The molecule has 0 bridgehead atoms. The van der Waals surface area contributed by atoms with Crippen LogP contribution in [0.5, 0.6) is 0 Å². The number of halogens is 1. The summed E-state index contributed by atoms with van der Waals surface area (Å²) in [4.78, 5) is 0.272. The number of nitrogens with one attached hydrogen (secondary N) is 1. The third kappa shape index (κ3) is 2.74. The fourth-order valence-electron chi connectivity index (χ4n) is 1.35. The van der Waals surface area contributed by atoms with Crippen molar-refractivity contribution < 1.29 is 8.42 Å². The number of rotatable bonds is 5. The van der Waals surface area contributed by atoms with Crippen LogP contribution in [-0.2, 0) is 22.4 Å². The van der Waals surface area contributed by atoms with E-state index in [0.717, 1.165) is 18.7 Å². The monoisotopic (exact) mass is 250 g/mol. The molecule has 0 aliphatic carbocycles. The van der Waals surface area contributed by atoms with Crippen LogP contribution < -0.4 is 4.72 Å². The van der Waals surface area contributed by atoms with Gasteiger partial charge in [0.2, 0.25) is 10.0 Å². The molecule has 0 unspecified atom stereocenters. The second-order valence-electron chi connectivity index (χ2n) is 3.20. The molecule has 6 heteroatoms. The van der Waals surface area contributed by atoms with Crippen LogP contribution in [0.1, 0.15) is 19.0 Å². The summed E-state index contributed by atoms with van der Waals surface area (Å²) in [5, 5.41) is 0. The summed E-state index contributed by atoms with van der Waals surface area (Å²) in [6.07, 6.45) is 2.56. The first-order valence-corrected chi connectivity index (χ1v) is 6.75. The van der Waals surface area contributed by atoms with E-state index in [2.05, 4.69) is 4.72 Å². The summed E-state index contributed by atoms with van der Waals surface area (Å²) in [5.74, 6) is 0.319. The van der Waals surface area contributed by atoms with Crippen LogP contribution >= 0.6 is 11.6 Å². The maximum atomic E-state index is 11.5. The molecule has 1 rings (SSSR count). The topological polar surface area (TPSA) is 51.1 Å². The predicted molar refractivity (Wildman–Crippen MR) is 60.5 cm³/mol. The van der Waals surface area contributed by atoms with E-state index in [1.54, 1.807) is 12.3 Å². The molecule has 0 radical (unpaired) electrons. The standard InChI is InChI=1S/C9H15ClN2O2S/c1-3-4-12-7-9(5-8(12)6-10)15(13,14)11-2/h5,7,11H,3-4,6H2,1-2H3. The normalized spacial score (nSPS) is 11.9. The van der Waals surface area contributed by atoms with Gasteiger partial charge in [0.1, 0.15) is 0 Å². The second kappa shape index (κ2) is 5.01. The number of aromatic nitrogens is 1. The molecule has 1 aromatic rings. The van der Waals surface area contributed by atoms with Gasteiger partial charge in [0.25, 0.3) is 0 Å². The van der Waals surface area contributed by atoms with Gasteiger partial charge in [-0.1, -0.05) is 6.92 Å². The van der Waals surface area contributed by atoms with Gasteiger partial charge in [-0.2, -0.15) is 0 Å². The molecule has 1 aromatic heterocycles. The molecule has 0 saturated carbocycles. The Hall–Kier alpha value is -0.520. The van der Waals surface area contributed by atoms with Crippen molar-refractivity contribution in [2.24, 2.45) is 0 Å². The maximum absolute atomic E-state index is 11.5. The first kappa shape index (κ1) is 12.5. The highest BCUT2D eigenvalue weighted by molar-refractivity contribution is 7.89. The molecule has 0 aromatic carbocycles. The number of hydrogen-bond acceptors (Lipinski definition) is 2. The average Bonchev–Trinajstić information content (AvgIpc) is 2.62. The molecule has 0 fully saturated rings. The molecule has 0 saturated heterocycles. The van der Waals surface area contributed by atoms with Gasteiger partial charge in [-0.3, -0.25) is 0 Å². The number of nitrogens with zero attached hydrogens (tertiary/aromatic N) is 1. The molecule has 0 atom stereocenters. The van der Waals surface area contributed by atoms with Crippen LogP contribution in [0.2, 0.25) is 0 Å². The summed E-state index contributed by atoms with van der Waals surface area (Å²) in [5.41, 5.74) is 0.826. The van der Waals surface area contributed by atoms with E-state index in [1.807, 2.05) is 11.5 Å². The van der Waals surface area contributed by atoms with Crippen LogP contribution in [0.15, 0.2) is 17.2 Å². The molecule has 1 heterocycles. The van der Waals surface area contributed by atoms with Crippen molar-refractivity contribution in [2.75, 3.05) is 7.05 Å². The first-order valence-electron chi connectivity index (χ1n) is 4.73. The van der Waals surface area contributed by atoms with E-state index < -0.39 is 10.0 Å². The van der Waals surface area contributed by atoms with Crippen molar-refractivity contribution in [3.8, 4) is 0 Å². The fraction of sp³-hybridized carbons (Fsp3) is 0.556. The van der Waals surface area contributed by atoms with Gasteiger partial charge in [-0.25, -0.2) is 13.1 Å². The lowest BCUT2D eigenvalue weighted by Crippen LogP contribution is -2.17. The minimum Gasteiger partial charge on any atom is -0.349 e. The Morgan fingerprint density at radius 1 is 1.53 bits per heavy atom. The minimum atomic E-state index is -3.36. The minimum absolute atomic E-state index is 0.272. The van der Waals surface area contributed by atoms with E-state index >= 15 is 0 Å². The van der Waals surface area contributed by atoms with Crippen LogP contribution in [0, 0.1) is 0 Å². The molecule has 0 spiro atoms. The van der Waals surface area contributed by atoms with Gasteiger partial charge in [0.05, 0.1) is 10.8 Å². The number of hydrogen-bond donors (Lipinski definition) is 1. The first-order chi connectivity index (χ1) is 7.05. The summed E-state index contributed by atoms with van der Waals surface area (Å²) in [6.45, 7) is 2.81. The van der Waals surface area contributed by atoms with E-state index in [9.17, 15) is 8.42 Å². The van der Waals surface area contributed by atoms with Gasteiger partial charge in [-0.15, -0.1) is 11.6 Å². The van der Waals surface area contributed by atoms with Gasteiger partial charge < -0.3 is 4.57 Å². The van der Waals surface area contributed by atoms with Crippen LogP contribution in [0.4, 0.5) is 0 Å².